The summed E-state index contributed by atoms with van der Waals surface area (Å²) in [5.41, 5.74) is 4.20. The van der Waals surface area contributed by atoms with Crippen LogP contribution < -0.4 is 0 Å². The minimum Gasteiger partial charge on any atom is -0.258 e. The van der Waals surface area contributed by atoms with E-state index in [0.717, 1.165) is 37.6 Å². The number of nitro benzene ring substituents is 1. The summed E-state index contributed by atoms with van der Waals surface area (Å²) >= 11 is 15.6. The standard InChI is InChI=1S/C22H18Cl2N4O2S2/c1-3-31-21-20(15-8-9-17(23)18(24)11-15)25-22(32-21)27-12-16(13(2)26-27)10-14-6-4-5-7-19(14)28(29)30/h4-9,11-12H,3,10H2,1-2H3. The van der Waals surface area contributed by atoms with Crippen LogP contribution in [0.5, 0.6) is 0 Å². The van der Waals surface area contributed by atoms with Gasteiger partial charge in [0.05, 0.1) is 30.6 Å². The summed E-state index contributed by atoms with van der Waals surface area (Å²) < 4.78 is 2.81. The minimum atomic E-state index is -0.353. The third-order valence-electron chi connectivity index (χ3n) is 4.82. The Kier molecular flexibility index (Phi) is 6.85. The van der Waals surface area contributed by atoms with Crippen molar-refractivity contribution in [3.63, 3.8) is 0 Å². The van der Waals surface area contributed by atoms with Crippen LogP contribution in [0.4, 0.5) is 5.69 Å². The molecule has 32 heavy (non-hydrogen) atoms. The van der Waals surface area contributed by atoms with Gasteiger partial charge in [-0.1, -0.05) is 65.7 Å². The molecule has 0 aliphatic heterocycles. The lowest BCUT2D eigenvalue weighted by atomic mass is 10.0. The average molecular weight is 505 g/mol. The fourth-order valence-electron chi connectivity index (χ4n) is 3.26. The Morgan fingerprint density at radius 2 is 1.94 bits per heavy atom. The molecule has 164 valence electrons. The van der Waals surface area contributed by atoms with Crippen molar-refractivity contribution >= 4 is 52.0 Å². The lowest BCUT2D eigenvalue weighted by Gasteiger charge is -2.02. The van der Waals surface area contributed by atoms with Crippen molar-refractivity contribution in [1.29, 1.82) is 0 Å². The minimum absolute atomic E-state index is 0.109. The van der Waals surface area contributed by atoms with Crippen molar-refractivity contribution in [1.82, 2.24) is 14.8 Å². The molecular formula is C22H18Cl2N4O2S2. The van der Waals surface area contributed by atoms with Crippen LogP contribution in [0.3, 0.4) is 0 Å². The Balaban J connectivity index is 1.71. The van der Waals surface area contributed by atoms with Crippen LogP contribution in [0, 0.1) is 17.0 Å². The van der Waals surface area contributed by atoms with Gasteiger partial charge in [-0.2, -0.15) is 5.10 Å². The second-order valence-electron chi connectivity index (χ2n) is 6.94. The molecule has 4 aromatic rings. The Hall–Kier alpha value is -2.39. The molecule has 4 rings (SSSR count). The van der Waals surface area contributed by atoms with Gasteiger partial charge in [-0.05, 0) is 30.4 Å². The Morgan fingerprint density at radius 1 is 1.16 bits per heavy atom. The monoisotopic (exact) mass is 504 g/mol. The third-order valence-corrected chi connectivity index (χ3v) is 7.75. The fraction of sp³-hybridized carbons (Fsp3) is 0.182. The van der Waals surface area contributed by atoms with Crippen molar-refractivity contribution in [3.8, 4) is 16.4 Å². The highest BCUT2D eigenvalue weighted by Crippen LogP contribution is 2.39. The van der Waals surface area contributed by atoms with Gasteiger partial charge in [-0.3, -0.25) is 10.1 Å². The third kappa shape index (κ3) is 4.68. The Morgan fingerprint density at radius 3 is 2.66 bits per heavy atom. The maximum absolute atomic E-state index is 11.4. The number of thioether (sulfide) groups is 1. The van der Waals surface area contributed by atoms with Gasteiger partial charge in [0.15, 0.2) is 0 Å². The molecule has 0 bridgehead atoms. The van der Waals surface area contributed by atoms with E-state index in [1.807, 2.05) is 25.3 Å². The lowest BCUT2D eigenvalue weighted by molar-refractivity contribution is -0.385. The second-order valence-corrected chi connectivity index (χ2v) is 10.3. The number of nitrogens with zero attached hydrogens (tertiary/aromatic N) is 4. The topological polar surface area (TPSA) is 73.8 Å². The number of aryl methyl sites for hydroxylation is 1. The van der Waals surface area contributed by atoms with Gasteiger partial charge in [0.1, 0.15) is 0 Å². The number of para-hydroxylation sites is 1. The molecule has 0 aliphatic rings. The first-order valence-corrected chi connectivity index (χ1v) is 12.3. The van der Waals surface area contributed by atoms with Gasteiger partial charge < -0.3 is 0 Å². The molecule has 0 N–H and O–H groups in total. The molecule has 0 radical (unpaired) electrons. The summed E-state index contributed by atoms with van der Waals surface area (Å²) in [6.07, 6.45) is 2.31. The van der Waals surface area contributed by atoms with E-state index in [1.54, 1.807) is 52.0 Å². The molecule has 10 heteroatoms. The van der Waals surface area contributed by atoms with Gasteiger partial charge in [-0.25, -0.2) is 9.67 Å². The summed E-state index contributed by atoms with van der Waals surface area (Å²) in [6, 6.07) is 12.3. The summed E-state index contributed by atoms with van der Waals surface area (Å²) in [5.74, 6) is 0.900. The SMILES string of the molecule is CCSc1sc(-n2cc(Cc3ccccc3[N+](=O)[O-])c(C)n2)nc1-c1ccc(Cl)c(Cl)c1. The fourth-order valence-corrected chi connectivity index (χ4v) is 5.68. The molecule has 0 saturated heterocycles. The first-order valence-electron chi connectivity index (χ1n) is 9.74. The summed E-state index contributed by atoms with van der Waals surface area (Å²) in [6.45, 7) is 3.99. The van der Waals surface area contributed by atoms with Gasteiger partial charge in [-0.15, -0.1) is 11.8 Å². The molecule has 0 spiro atoms. The van der Waals surface area contributed by atoms with Crippen LogP contribution in [-0.4, -0.2) is 25.4 Å². The molecule has 6 nitrogen and oxygen atoms in total. The predicted molar refractivity (Wildman–Crippen MR) is 132 cm³/mol. The number of hydrogen-bond acceptors (Lipinski definition) is 6. The molecule has 0 saturated carbocycles. The van der Waals surface area contributed by atoms with Crippen molar-refractivity contribution < 1.29 is 4.92 Å². The van der Waals surface area contributed by atoms with Crippen LogP contribution in [0.15, 0.2) is 52.9 Å². The van der Waals surface area contributed by atoms with Crippen molar-refractivity contribution in [2.24, 2.45) is 0 Å². The quantitative estimate of drug-likeness (QED) is 0.151. The van der Waals surface area contributed by atoms with Gasteiger partial charge >= 0.3 is 0 Å². The van der Waals surface area contributed by atoms with E-state index in [4.69, 9.17) is 28.2 Å². The zero-order chi connectivity index (χ0) is 22.8. The number of halogens is 2. The van der Waals surface area contributed by atoms with E-state index in [2.05, 4.69) is 12.0 Å². The Labute approximate surface area is 203 Å². The highest BCUT2D eigenvalue weighted by atomic mass is 35.5. The highest BCUT2D eigenvalue weighted by molar-refractivity contribution is 8.01. The van der Waals surface area contributed by atoms with Crippen LogP contribution >= 0.6 is 46.3 Å². The van der Waals surface area contributed by atoms with E-state index in [1.165, 1.54) is 6.07 Å². The maximum atomic E-state index is 11.4. The number of rotatable bonds is 7. The number of hydrogen-bond donors (Lipinski definition) is 0. The zero-order valence-electron chi connectivity index (χ0n) is 17.2. The Bertz CT molecular complexity index is 1300. The lowest BCUT2D eigenvalue weighted by Crippen LogP contribution is -1.96. The maximum Gasteiger partial charge on any atom is 0.272 e. The highest BCUT2D eigenvalue weighted by Gasteiger charge is 2.19. The number of thiazole rings is 1. The van der Waals surface area contributed by atoms with Crippen LogP contribution in [0.25, 0.3) is 16.4 Å². The van der Waals surface area contributed by atoms with Crippen molar-refractivity contribution in [2.75, 3.05) is 5.75 Å². The van der Waals surface area contributed by atoms with Crippen molar-refractivity contribution in [2.45, 2.75) is 24.5 Å². The molecule has 0 fully saturated rings. The largest absolute Gasteiger partial charge is 0.272 e. The van der Waals surface area contributed by atoms with Crippen molar-refractivity contribution in [3.05, 3.63) is 85.6 Å². The zero-order valence-corrected chi connectivity index (χ0v) is 20.4. The number of nitro groups is 1. The average Bonchev–Trinajstić information content (AvgIpc) is 3.34. The van der Waals surface area contributed by atoms with Crippen LogP contribution in [0.2, 0.25) is 10.0 Å². The number of benzene rings is 2. The molecule has 2 heterocycles. The second kappa shape index (κ2) is 9.62. The van der Waals surface area contributed by atoms with E-state index in [-0.39, 0.29) is 10.6 Å². The summed E-state index contributed by atoms with van der Waals surface area (Å²) in [5, 5.41) is 17.7. The first-order chi connectivity index (χ1) is 15.4. The first kappa shape index (κ1) is 22.8. The van der Waals surface area contributed by atoms with E-state index >= 15 is 0 Å². The van der Waals surface area contributed by atoms with Gasteiger partial charge in [0.25, 0.3) is 5.69 Å². The predicted octanol–water partition coefficient (Wildman–Crippen LogP) is 7.22. The molecule has 0 aliphatic carbocycles. The summed E-state index contributed by atoms with van der Waals surface area (Å²) in [7, 11) is 0. The summed E-state index contributed by atoms with van der Waals surface area (Å²) in [4.78, 5) is 15.8. The van der Waals surface area contributed by atoms with E-state index in [0.29, 0.717) is 22.0 Å². The van der Waals surface area contributed by atoms with Crippen LogP contribution in [-0.2, 0) is 6.42 Å². The van der Waals surface area contributed by atoms with Crippen LogP contribution in [0.1, 0.15) is 23.7 Å². The molecular weight excluding hydrogens is 487 g/mol. The smallest absolute Gasteiger partial charge is 0.258 e. The number of aromatic nitrogens is 3. The van der Waals surface area contributed by atoms with E-state index < -0.39 is 0 Å². The molecule has 0 unspecified atom stereocenters. The molecule has 0 atom stereocenters. The normalized spacial score (nSPS) is 11.1. The van der Waals surface area contributed by atoms with E-state index in [9.17, 15) is 10.1 Å². The van der Waals surface area contributed by atoms with Gasteiger partial charge in [0, 0.05) is 29.8 Å². The molecule has 2 aromatic heterocycles. The van der Waals surface area contributed by atoms with Gasteiger partial charge in [0.2, 0.25) is 5.13 Å². The molecule has 0 amide bonds. The molecule has 2 aromatic carbocycles.